The molecule has 0 saturated carbocycles. The zero-order valence-electron chi connectivity index (χ0n) is 18.7. The topological polar surface area (TPSA) is 74.8 Å². The van der Waals surface area contributed by atoms with Gasteiger partial charge in [0.25, 0.3) is 5.56 Å². The number of Topliss-reactive ketones (excluding diaryl/α,β-unsaturated/α-hetero) is 1. The highest BCUT2D eigenvalue weighted by atomic mass is 32.2. The fourth-order valence-electron chi connectivity index (χ4n) is 4.31. The number of rotatable bonds is 6. The number of fused-ring (bicyclic) bond motifs is 1. The molecule has 0 radical (unpaired) electrons. The van der Waals surface area contributed by atoms with Gasteiger partial charge in [0, 0.05) is 29.4 Å². The number of benzene rings is 1. The van der Waals surface area contributed by atoms with Gasteiger partial charge in [0.1, 0.15) is 5.82 Å². The maximum atomic E-state index is 13.2. The Hall–Kier alpha value is -2.34. The first-order chi connectivity index (χ1) is 14.8. The second-order valence-electron chi connectivity index (χ2n) is 9.21. The van der Waals surface area contributed by atoms with Crippen LogP contribution >= 0.6 is 11.8 Å². The van der Waals surface area contributed by atoms with Crippen molar-refractivity contribution in [1.82, 2.24) is 9.97 Å². The van der Waals surface area contributed by atoms with E-state index in [2.05, 4.69) is 62.3 Å². The Morgan fingerprint density at radius 3 is 2.52 bits per heavy atom. The summed E-state index contributed by atoms with van der Waals surface area (Å²) in [6.45, 7) is 8.70. The number of aromatic amines is 1. The van der Waals surface area contributed by atoms with Gasteiger partial charge < -0.3 is 10.3 Å². The Balaban J connectivity index is 1.78. The molecule has 2 aromatic rings. The third kappa shape index (κ3) is 4.49. The Labute approximate surface area is 188 Å². The lowest BCUT2D eigenvalue weighted by Crippen LogP contribution is -2.32. The predicted octanol–water partition coefficient (Wildman–Crippen LogP) is 5.60. The Kier molecular flexibility index (Phi) is 6.37. The molecule has 1 aliphatic carbocycles. The van der Waals surface area contributed by atoms with Gasteiger partial charge in [-0.2, -0.15) is 0 Å². The highest BCUT2D eigenvalue weighted by Crippen LogP contribution is 2.43. The van der Waals surface area contributed by atoms with Crippen molar-refractivity contribution < 1.29 is 4.79 Å². The molecule has 0 bridgehead atoms. The van der Waals surface area contributed by atoms with E-state index in [1.54, 1.807) is 11.8 Å². The van der Waals surface area contributed by atoms with Crippen LogP contribution in [0.15, 0.2) is 45.5 Å². The molecule has 5 nitrogen and oxygen atoms in total. The molecular formula is C25H31N3O2S. The number of carbonyl (C=O) groups excluding carboxylic acids is 1. The van der Waals surface area contributed by atoms with E-state index in [4.69, 9.17) is 4.98 Å². The second kappa shape index (κ2) is 9.03. The summed E-state index contributed by atoms with van der Waals surface area (Å²) in [5.41, 5.74) is 4.28. The zero-order chi connectivity index (χ0) is 22.1. The molecule has 0 fully saturated rings. The summed E-state index contributed by atoms with van der Waals surface area (Å²) in [4.78, 5) is 33.9. The van der Waals surface area contributed by atoms with E-state index in [0.29, 0.717) is 34.8 Å². The van der Waals surface area contributed by atoms with Gasteiger partial charge in [0.05, 0.1) is 5.56 Å². The minimum absolute atomic E-state index is 0.132. The second-order valence-corrected chi connectivity index (χ2v) is 10.3. The standard InChI is InChI=1S/C25H31N3O2S/c1-14(2)12-13-31-25-27-23-22(24(30)28-25)20(17-10-8-16(9-11-17)15(3)4)21-18(26-23)6-5-7-19(21)29/h8-11,14-15,20H,5-7,12-13H2,1-4H3,(H2,26,27,28,30). The molecule has 1 aliphatic heterocycles. The molecule has 164 valence electrons. The van der Waals surface area contributed by atoms with Crippen LogP contribution < -0.4 is 10.9 Å². The number of allylic oxidation sites excluding steroid dienone is 2. The first-order valence-electron chi connectivity index (χ1n) is 11.2. The number of hydrogen-bond donors (Lipinski definition) is 2. The van der Waals surface area contributed by atoms with Gasteiger partial charge in [-0.15, -0.1) is 0 Å². The Bertz CT molecular complexity index is 1070. The van der Waals surface area contributed by atoms with E-state index in [-0.39, 0.29) is 17.3 Å². The summed E-state index contributed by atoms with van der Waals surface area (Å²) in [5.74, 6) is 2.30. The van der Waals surface area contributed by atoms with Crippen LogP contribution in [0.1, 0.15) is 81.9 Å². The molecule has 2 heterocycles. The summed E-state index contributed by atoms with van der Waals surface area (Å²) in [6, 6.07) is 8.33. The number of aromatic nitrogens is 2. The molecule has 31 heavy (non-hydrogen) atoms. The average Bonchev–Trinajstić information content (AvgIpc) is 2.72. The van der Waals surface area contributed by atoms with Gasteiger partial charge in [-0.3, -0.25) is 9.59 Å². The normalized spacial score (nSPS) is 18.3. The lowest BCUT2D eigenvalue weighted by atomic mass is 9.76. The van der Waals surface area contributed by atoms with Gasteiger partial charge in [-0.25, -0.2) is 4.98 Å². The summed E-state index contributed by atoms with van der Waals surface area (Å²) >= 11 is 1.58. The molecule has 2 aliphatic rings. The largest absolute Gasteiger partial charge is 0.343 e. The fourth-order valence-corrected chi connectivity index (χ4v) is 5.41. The van der Waals surface area contributed by atoms with Crippen LogP contribution in [-0.4, -0.2) is 21.5 Å². The molecule has 2 N–H and O–H groups in total. The molecule has 1 aromatic heterocycles. The SMILES string of the molecule is CC(C)CCSc1nc2c(c(=O)[nH]1)C(c1ccc(C(C)C)cc1)C1=C(CCCC1=O)N2. The van der Waals surface area contributed by atoms with Gasteiger partial charge >= 0.3 is 0 Å². The van der Waals surface area contributed by atoms with E-state index >= 15 is 0 Å². The van der Waals surface area contributed by atoms with Gasteiger partial charge in [-0.1, -0.05) is 63.7 Å². The van der Waals surface area contributed by atoms with Crippen LogP contribution in [0.25, 0.3) is 0 Å². The summed E-state index contributed by atoms with van der Waals surface area (Å²) in [5, 5.41) is 3.99. The fraction of sp³-hybridized carbons (Fsp3) is 0.480. The summed E-state index contributed by atoms with van der Waals surface area (Å²) in [6.07, 6.45) is 3.24. The summed E-state index contributed by atoms with van der Waals surface area (Å²) < 4.78 is 0. The van der Waals surface area contributed by atoms with E-state index in [9.17, 15) is 9.59 Å². The van der Waals surface area contributed by atoms with Gasteiger partial charge in [0.2, 0.25) is 0 Å². The Morgan fingerprint density at radius 2 is 1.84 bits per heavy atom. The number of ketones is 1. The highest BCUT2D eigenvalue weighted by molar-refractivity contribution is 7.99. The molecule has 0 saturated heterocycles. The van der Waals surface area contributed by atoms with Crippen molar-refractivity contribution in [3.63, 3.8) is 0 Å². The predicted molar refractivity (Wildman–Crippen MR) is 127 cm³/mol. The molecule has 1 atom stereocenters. The van der Waals surface area contributed by atoms with Crippen LogP contribution in [0.4, 0.5) is 5.82 Å². The lowest BCUT2D eigenvalue weighted by molar-refractivity contribution is -0.116. The first-order valence-corrected chi connectivity index (χ1v) is 12.2. The molecule has 0 spiro atoms. The zero-order valence-corrected chi connectivity index (χ0v) is 19.6. The number of anilines is 1. The van der Waals surface area contributed by atoms with E-state index in [0.717, 1.165) is 41.8 Å². The van der Waals surface area contributed by atoms with E-state index in [1.807, 2.05) is 0 Å². The number of thioether (sulfide) groups is 1. The maximum Gasteiger partial charge on any atom is 0.257 e. The van der Waals surface area contributed by atoms with Crippen molar-refractivity contribution in [2.24, 2.45) is 5.92 Å². The molecule has 6 heteroatoms. The molecule has 1 unspecified atom stereocenters. The van der Waals surface area contributed by atoms with Gasteiger partial charge in [-0.05, 0) is 42.2 Å². The van der Waals surface area contributed by atoms with E-state index in [1.165, 1.54) is 5.56 Å². The third-order valence-electron chi connectivity index (χ3n) is 6.11. The molecule has 4 rings (SSSR count). The summed E-state index contributed by atoms with van der Waals surface area (Å²) in [7, 11) is 0. The van der Waals surface area contributed by atoms with Crippen molar-refractivity contribution in [1.29, 1.82) is 0 Å². The van der Waals surface area contributed by atoms with Crippen LogP contribution in [0, 0.1) is 5.92 Å². The number of H-pyrrole nitrogens is 1. The first kappa shape index (κ1) is 21.9. The number of nitrogens with zero attached hydrogens (tertiary/aromatic N) is 1. The van der Waals surface area contributed by atoms with Crippen LogP contribution in [-0.2, 0) is 4.79 Å². The van der Waals surface area contributed by atoms with Crippen LogP contribution in [0.5, 0.6) is 0 Å². The maximum absolute atomic E-state index is 13.2. The van der Waals surface area contributed by atoms with Crippen LogP contribution in [0.3, 0.4) is 0 Å². The number of carbonyl (C=O) groups is 1. The number of hydrogen-bond acceptors (Lipinski definition) is 5. The monoisotopic (exact) mass is 437 g/mol. The minimum Gasteiger partial charge on any atom is -0.343 e. The van der Waals surface area contributed by atoms with Crippen LogP contribution in [0.2, 0.25) is 0 Å². The lowest BCUT2D eigenvalue weighted by Gasteiger charge is -2.33. The molecule has 0 amide bonds. The van der Waals surface area contributed by atoms with Crippen molar-refractivity contribution >= 4 is 23.4 Å². The highest BCUT2D eigenvalue weighted by Gasteiger charge is 2.37. The van der Waals surface area contributed by atoms with Crippen molar-refractivity contribution in [3.05, 3.63) is 62.6 Å². The molecule has 1 aromatic carbocycles. The smallest absolute Gasteiger partial charge is 0.257 e. The Morgan fingerprint density at radius 1 is 1.10 bits per heavy atom. The quantitative estimate of drug-likeness (QED) is 0.455. The van der Waals surface area contributed by atoms with E-state index < -0.39 is 0 Å². The van der Waals surface area contributed by atoms with Crippen molar-refractivity contribution in [3.8, 4) is 0 Å². The van der Waals surface area contributed by atoms with Crippen molar-refractivity contribution in [2.45, 2.75) is 70.4 Å². The molecular weight excluding hydrogens is 406 g/mol. The number of nitrogens with one attached hydrogen (secondary N) is 2. The van der Waals surface area contributed by atoms with Gasteiger partial charge in [0.15, 0.2) is 10.9 Å². The third-order valence-corrected chi connectivity index (χ3v) is 7.01. The average molecular weight is 438 g/mol. The van der Waals surface area contributed by atoms with Crippen molar-refractivity contribution in [2.75, 3.05) is 11.1 Å². The minimum atomic E-state index is -0.369.